The van der Waals surface area contributed by atoms with E-state index in [1.807, 2.05) is 24.3 Å². The normalized spacial score (nSPS) is 11.2. The number of esters is 1. The first kappa shape index (κ1) is 19.2. The van der Waals surface area contributed by atoms with Gasteiger partial charge in [-0.3, -0.25) is 0 Å². The Hall–Kier alpha value is -3.09. The fraction of sp³-hybridized carbons (Fsp3) is 0.316. The average molecular weight is 358 g/mol. The first-order chi connectivity index (χ1) is 12.5. The smallest absolute Gasteiger partial charge is 0.342 e. The van der Waals surface area contributed by atoms with Crippen molar-refractivity contribution in [2.75, 3.05) is 21.3 Å². The second-order valence-corrected chi connectivity index (χ2v) is 5.65. The molecule has 0 radical (unpaired) electrons. The van der Waals surface area contributed by atoms with Crippen LogP contribution in [0.25, 0.3) is 5.57 Å². The van der Waals surface area contributed by atoms with E-state index < -0.39 is 5.97 Å². The Morgan fingerprint density at radius 1 is 1.12 bits per heavy atom. The maximum Gasteiger partial charge on any atom is 0.342 e. The van der Waals surface area contributed by atoms with Crippen molar-refractivity contribution < 1.29 is 23.7 Å². The van der Waals surface area contributed by atoms with Gasteiger partial charge in [-0.1, -0.05) is 26.0 Å². The van der Waals surface area contributed by atoms with Gasteiger partial charge in [-0.05, 0) is 23.6 Å². The molecule has 0 unspecified atom stereocenters. The Balaban J connectivity index is 2.54. The van der Waals surface area contributed by atoms with Gasteiger partial charge in [0.1, 0.15) is 23.2 Å². The number of hydrogen-bond acceptors (Lipinski definition) is 7. The maximum absolute atomic E-state index is 12.2. The number of hydrogen-bond donors (Lipinski definition) is 0. The summed E-state index contributed by atoms with van der Waals surface area (Å²) in [6.45, 7) is 4.18. The van der Waals surface area contributed by atoms with Crippen LogP contribution in [0.5, 0.6) is 17.5 Å². The lowest BCUT2D eigenvalue weighted by atomic mass is 10.0. The van der Waals surface area contributed by atoms with Crippen molar-refractivity contribution in [1.29, 1.82) is 0 Å². The minimum absolute atomic E-state index is 0.0856. The molecule has 7 nitrogen and oxygen atoms in total. The van der Waals surface area contributed by atoms with Gasteiger partial charge >= 0.3 is 5.97 Å². The molecule has 1 aromatic carbocycles. The maximum atomic E-state index is 12.2. The first-order valence-corrected chi connectivity index (χ1v) is 8.00. The van der Waals surface area contributed by atoms with Crippen LogP contribution >= 0.6 is 0 Å². The van der Waals surface area contributed by atoms with Crippen molar-refractivity contribution in [3.05, 3.63) is 48.0 Å². The molecule has 0 aliphatic carbocycles. The Morgan fingerprint density at radius 2 is 1.85 bits per heavy atom. The molecule has 138 valence electrons. The highest BCUT2D eigenvalue weighted by Gasteiger charge is 2.25. The van der Waals surface area contributed by atoms with Gasteiger partial charge in [0.25, 0.3) is 0 Å². The second-order valence-electron chi connectivity index (χ2n) is 5.65. The average Bonchev–Trinajstić information content (AvgIpc) is 2.65. The van der Waals surface area contributed by atoms with Gasteiger partial charge in [-0.25, -0.2) is 14.8 Å². The summed E-state index contributed by atoms with van der Waals surface area (Å²) >= 11 is 0. The van der Waals surface area contributed by atoms with E-state index in [0.717, 1.165) is 5.56 Å². The summed E-state index contributed by atoms with van der Waals surface area (Å²) in [7, 11) is 4.14. The number of rotatable bonds is 7. The van der Waals surface area contributed by atoms with Gasteiger partial charge in [0.05, 0.1) is 27.6 Å². The molecule has 26 heavy (non-hydrogen) atoms. The van der Waals surface area contributed by atoms with Gasteiger partial charge in [-0.15, -0.1) is 0 Å². The van der Waals surface area contributed by atoms with E-state index in [1.54, 1.807) is 0 Å². The lowest BCUT2D eigenvalue weighted by Crippen LogP contribution is -2.09. The number of aromatic nitrogens is 2. The van der Waals surface area contributed by atoms with Gasteiger partial charge in [0.2, 0.25) is 11.8 Å². The van der Waals surface area contributed by atoms with Crippen LogP contribution in [0.15, 0.2) is 36.9 Å². The summed E-state index contributed by atoms with van der Waals surface area (Å²) in [5, 5.41) is 0. The van der Waals surface area contributed by atoms with E-state index in [-0.39, 0.29) is 22.9 Å². The van der Waals surface area contributed by atoms with Crippen LogP contribution in [-0.4, -0.2) is 37.3 Å². The SMILES string of the molecule is CO/C=C(\C(=O)OC)c1c(OC)ncnc1Oc1cccc(C(C)C)c1. The van der Waals surface area contributed by atoms with E-state index >= 15 is 0 Å². The molecule has 0 saturated heterocycles. The predicted octanol–water partition coefficient (Wildman–Crippen LogP) is 3.56. The third kappa shape index (κ3) is 4.30. The molecule has 7 heteroatoms. The zero-order valence-electron chi connectivity index (χ0n) is 15.5. The molecule has 0 aliphatic heterocycles. The zero-order chi connectivity index (χ0) is 19.1. The number of carbonyl (C=O) groups is 1. The Labute approximate surface area is 152 Å². The van der Waals surface area contributed by atoms with Crippen molar-refractivity contribution in [2.24, 2.45) is 0 Å². The summed E-state index contributed by atoms with van der Waals surface area (Å²) < 4.78 is 21.0. The Morgan fingerprint density at radius 3 is 2.46 bits per heavy atom. The fourth-order valence-corrected chi connectivity index (χ4v) is 2.30. The van der Waals surface area contributed by atoms with Crippen LogP contribution in [0.2, 0.25) is 0 Å². The highest BCUT2D eigenvalue weighted by Crippen LogP contribution is 2.35. The summed E-state index contributed by atoms with van der Waals surface area (Å²) in [6, 6.07) is 7.64. The van der Waals surface area contributed by atoms with E-state index in [1.165, 1.54) is 33.9 Å². The third-order valence-corrected chi connectivity index (χ3v) is 3.62. The molecule has 0 aliphatic rings. The van der Waals surface area contributed by atoms with E-state index in [2.05, 4.69) is 23.8 Å². The van der Waals surface area contributed by atoms with Crippen LogP contribution in [0.4, 0.5) is 0 Å². The molecule has 0 N–H and O–H groups in total. The molecule has 1 aromatic heterocycles. The monoisotopic (exact) mass is 358 g/mol. The molecular formula is C19H22N2O5. The number of nitrogens with zero attached hydrogens (tertiary/aromatic N) is 2. The molecule has 0 amide bonds. The zero-order valence-corrected chi connectivity index (χ0v) is 15.5. The highest BCUT2D eigenvalue weighted by atomic mass is 16.5. The van der Waals surface area contributed by atoms with E-state index in [4.69, 9.17) is 18.9 Å². The first-order valence-electron chi connectivity index (χ1n) is 8.00. The summed E-state index contributed by atoms with van der Waals surface area (Å²) in [6.07, 6.45) is 2.54. The molecule has 0 fully saturated rings. The minimum atomic E-state index is -0.624. The van der Waals surface area contributed by atoms with Crippen molar-refractivity contribution in [1.82, 2.24) is 9.97 Å². The molecule has 0 spiro atoms. The quantitative estimate of drug-likeness (QED) is 0.425. The second kappa shape index (κ2) is 8.84. The lowest BCUT2D eigenvalue weighted by Gasteiger charge is -2.14. The van der Waals surface area contributed by atoms with Gasteiger partial charge in [0, 0.05) is 0 Å². The third-order valence-electron chi connectivity index (χ3n) is 3.62. The van der Waals surface area contributed by atoms with Gasteiger partial charge in [-0.2, -0.15) is 0 Å². The number of ether oxygens (including phenoxy) is 4. The largest absolute Gasteiger partial charge is 0.503 e. The van der Waals surface area contributed by atoms with Crippen molar-refractivity contribution >= 4 is 11.5 Å². The van der Waals surface area contributed by atoms with Gasteiger partial charge < -0.3 is 18.9 Å². The van der Waals surface area contributed by atoms with Crippen LogP contribution in [0.1, 0.15) is 30.9 Å². The predicted molar refractivity (Wildman–Crippen MR) is 96.2 cm³/mol. The van der Waals surface area contributed by atoms with Crippen LogP contribution < -0.4 is 9.47 Å². The molecular weight excluding hydrogens is 336 g/mol. The number of carbonyl (C=O) groups excluding carboxylic acids is 1. The summed E-state index contributed by atoms with van der Waals surface area (Å²) in [5.74, 6) is 0.632. The highest BCUT2D eigenvalue weighted by molar-refractivity contribution is 6.17. The number of methoxy groups -OCH3 is 3. The molecule has 1 heterocycles. The molecule has 0 atom stereocenters. The topological polar surface area (TPSA) is 79.8 Å². The van der Waals surface area contributed by atoms with Gasteiger partial charge in [0.15, 0.2) is 0 Å². The standard InChI is InChI=1S/C19H22N2O5/c1-12(2)13-7-6-8-14(9-13)26-18-16(17(24-4)20-11-21-18)15(10-23-3)19(22)25-5/h6-12H,1-5H3/b15-10-. The summed E-state index contributed by atoms with van der Waals surface area (Å²) in [4.78, 5) is 20.4. The van der Waals surface area contributed by atoms with E-state index in [0.29, 0.717) is 11.7 Å². The Kier molecular flexibility index (Phi) is 6.54. The summed E-state index contributed by atoms with van der Waals surface area (Å²) in [5.41, 5.74) is 1.45. The fourth-order valence-electron chi connectivity index (χ4n) is 2.30. The minimum Gasteiger partial charge on any atom is -0.503 e. The van der Waals surface area contributed by atoms with Crippen molar-refractivity contribution in [2.45, 2.75) is 19.8 Å². The van der Waals surface area contributed by atoms with Crippen LogP contribution in [-0.2, 0) is 14.3 Å². The van der Waals surface area contributed by atoms with E-state index in [9.17, 15) is 4.79 Å². The Bertz CT molecular complexity index is 802. The van der Waals surface area contributed by atoms with Crippen LogP contribution in [0, 0.1) is 0 Å². The van der Waals surface area contributed by atoms with Crippen molar-refractivity contribution in [3.8, 4) is 17.5 Å². The van der Waals surface area contributed by atoms with Crippen molar-refractivity contribution in [3.63, 3.8) is 0 Å². The molecule has 0 saturated carbocycles. The van der Waals surface area contributed by atoms with Crippen LogP contribution in [0.3, 0.4) is 0 Å². The molecule has 2 aromatic rings. The molecule has 0 bridgehead atoms. The molecule has 2 rings (SSSR count). The lowest BCUT2D eigenvalue weighted by molar-refractivity contribution is -0.133. The number of benzene rings is 1.